The van der Waals surface area contributed by atoms with E-state index in [0.717, 1.165) is 29.3 Å². The number of nitrogens with zero attached hydrogens (tertiary/aromatic N) is 1. The number of thiazole rings is 1. The zero-order chi connectivity index (χ0) is 14.7. The van der Waals surface area contributed by atoms with Gasteiger partial charge in [0.15, 0.2) is 0 Å². The summed E-state index contributed by atoms with van der Waals surface area (Å²) >= 11 is 1.78. The Bertz CT molecular complexity index is 555. The summed E-state index contributed by atoms with van der Waals surface area (Å²) in [6.45, 7) is 11.7. The molecule has 0 atom stereocenters. The average molecular weight is 292 g/mol. The van der Waals surface area contributed by atoms with Crippen LogP contribution in [-0.4, -0.2) is 11.0 Å². The van der Waals surface area contributed by atoms with Gasteiger partial charge in [0.05, 0.1) is 17.5 Å². The standard InChI is InChI=1S/C16H24N2OS/c1-10(2)8-14-15(9-17-11(3)4)20-16(18-14)13-6-7-19-12(13)5/h6-7,10-11,17H,8-9H2,1-5H3. The highest BCUT2D eigenvalue weighted by molar-refractivity contribution is 7.15. The van der Waals surface area contributed by atoms with E-state index in [2.05, 4.69) is 33.0 Å². The van der Waals surface area contributed by atoms with Crippen LogP contribution in [0.4, 0.5) is 0 Å². The van der Waals surface area contributed by atoms with Crippen LogP contribution in [0.2, 0.25) is 0 Å². The Balaban J connectivity index is 2.29. The Labute approximate surface area is 125 Å². The molecule has 2 aromatic rings. The van der Waals surface area contributed by atoms with E-state index in [4.69, 9.17) is 9.40 Å². The average Bonchev–Trinajstić information content (AvgIpc) is 2.92. The lowest BCUT2D eigenvalue weighted by molar-refractivity contribution is 0.535. The molecule has 2 heterocycles. The van der Waals surface area contributed by atoms with Crippen molar-refractivity contribution in [3.05, 3.63) is 28.7 Å². The van der Waals surface area contributed by atoms with Gasteiger partial charge in [0, 0.05) is 17.5 Å². The lowest BCUT2D eigenvalue weighted by atomic mass is 10.1. The first-order valence-corrected chi connectivity index (χ1v) is 8.05. The van der Waals surface area contributed by atoms with Crippen molar-refractivity contribution >= 4 is 11.3 Å². The van der Waals surface area contributed by atoms with E-state index in [1.807, 2.05) is 13.0 Å². The van der Waals surface area contributed by atoms with Gasteiger partial charge in [-0.05, 0) is 25.3 Å². The van der Waals surface area contributed by atoms with Crippen molar-refractivity contribution in [3.63, 3.8) is 0 Å². The van der Waals surface area contributed by atoms with Crippen molar-refractivity contribution in [1.82, 2.24) is 10.3 Å². The number of furan rings is 1. The van der Waals surface area contributed by atoms with Crippen molar-refractivity contribution < 1.29 is 4.42 Å². The SMILES string of the molecule is Cc1occc1-c1nc(CC(C)C)c(CNC(C)C)s1. The molecule has 0 fully saturated rings. The summed E-state index contributed by atoms with van der Waals surface area (Å²) in [5.74, 6) is 1.56. The Morgan fingerprint density at radius 3 is 2.60 bits per heavy atom. The molecule has 0 aromatic carbocycles. The van der Waals surface area contributed by atoms with Crippen molar-refractivity contribution in [2.75, 3.05) is 0 Å². The summed E-state index contributed by atoms with van der Waals surface area (Å²) in [6, 6.07) is 2.50. The van der Waals surface area contributed by atoms with Crippen LogP contribution in [0.3, 0.4) is 0 Å². The molecule has 0 aliphatic carbocycles. The molecule has 1 N–H and O–H groups in total. The van der Waals surface area contributed by atoms with Crippen LogP contribution >= 0.6 is 11.3 Å². The highest BCUT2D eigenvalue weighted by Gasteiger charge is 2.16. The third-order valence-electron chi connectivity index (χ3n) is 3.14. The Morgan fingerprint density at radius 1 is 1.30 bits per heavy atom. The molecule has 0 unspecified atom stereocenters. The van der Waals surface area contributed by atoms with E-state index >= 15 is 0 Å². The van der Waals surface area contributed by atoms with Crippen molar-refractivity contribution in [2.45, 2.75) is 53.6 Å². The van der Waals surface area contributed by atoms with Crippen LogP contribution in [0.25, 0.3) is 10.6 Å². The molecule has 0 amide bonds. The van der Waals surface area contributed by atoms with E-state index in [1.165, 1.54) is 10.6 Å². The van der Waals surface area contributed by atoms with Gasteiger partial charge in [-0.1, -0.05) is 27.7 Å². The first-order chi connectivity index (χ1) is 9.47. The predicted octanol–water partition coefficient (Wildman–Crippen LogP) is 4.41. The Kier molecular flexibility index (Phi) is 5.00. The number of aryl methyl sites for hydroxylation is 1. The first-order valence-electron chi connectivity index (χ1n) is 7.23. The second-order valence-electron chi connectivity index (χ2n) is 5.91. The molecule has 110 valence electrons. The smallest absolute Gasteiger partial charge is 0.127 e. The van der Waals surface area contributed by atoms with Gasteiger partial charge >= 0.3 is 0 Å². The van der Waals surface area contributed by atoms with Gasteiger partial charge in [0.1, 0.15) is 10.8 Å². The maximum atomic E-state index is 5.40. The minimum atomic E-state index is 0.489. The monoisotopic (exact) mass is 292 g/mol. The fraction of sp³-hybridized carbons (Fsp3) is 0.562. The molecule has 2 aromatic heterocycles. The van der Waals surface area contributed by atoms with Gasteiger partial charge in [-0.15, -0.1) is 11.3 Å². The minimum Gasteiger partial charge on any atom is -0.469 e. The van der Waals surface area contributed by atoms with E-state index in [-0.39, 0.29) is 0 Å². The number of nitrogens with one attached hydrogen (secondary N) is 1. The molecule has 0 spiro atoms. The Morgan fingerprint density at radius 2 is 2.05 bits per heavy atom. The minimum absolute atomic E-state index is 0.489. The maximum absolute atomic E-state index is 5.40. The highest BCUT2D eigenvalue weighted by atomic mass is 32.1. The van der Waals surface area contributed by atoms with Crippen LogP contribution < -0.4 is 5.32 Å². The number of aromatic nitrogens is 1. The lowest BCUT2D eigenvalue weighted by Gasteiger charge is -2.08. The number of rotatable bonds is 6. The van der Waals surface area contributed by atoms with Crippen LogP contribution in [0.1, 0.15) is 44.0 Å². The largest absolute Gasteiger partial charge is 0.469 e. The van der Waals surface area contributed by atoms with Crippen molar-refractivity contribution in [3.8, 4) is 10.6 Å². The summed E-state index contributed by atoms with van der Waals surface area (Å²) in [5, 5.41) is 4.57. The van der Waals surface area contributed by atoms with E-state index in [9.17, 15) is 0 Å². The molecule has 4 heteroatoms. The fourth-order valence-electron chi connectivity index (χ4n) is 2.09. The summed E-state index contributed by atoms with van der Waals surface area (Å²) < 4.78 is 5.40. The zero-order valence-corrected chi connectivity index (χ0v) is 13.8. The molecule has 2 rings (SSSR count). The number of hydrogen-bond acceptors (Lipinski definition) is 4. The molecule has 3 nitrogen and oxygen atoms in total. The second-order valence-corrected chi connectivity index (χ2v) is 7.00. The van der Waals surface area contributed by atoms with Crippen molar-refractivity contribution in [1.29, 1.82) is 0 Å². The fourth-order valence-corrected chi connectivity index (χ4v) is 3.20. The zero-order valence-electron chi connectivity index (χ0n) is 13.0. The van der Waals surface area contributed by atoms with Gasteiger partial charge in [0.25, 0.3) is 0 Å². The normalized spacial score (nSPS) is 11.8. The van der Waals surface area contributed by atoms with Crippen LogP contribution in [0.15, 0.2) is 16.7 Å². The topological polar surface area (TPSA) is 38.1 Å². The number of hydrogen-bond donors (Lipinski definition) is 1. The van der Waals surface area contributed by atoms with Crippen LogP contribution in [0.5, 0.6) is 0 Å². The molecule has 0 radical (unpaired) electrons. The van der Waals surface area contributed by atoms with Crippen LogP contribution in [0, 0.1) is 12.8 Å². The molecule has 20 heavy (non-hydrogen) atoms. The van der Waals surface area contributed by atoms with Crippen molar-refractivity contribution in [2.24, 2.45) is 5.92 Å². The van der Waals surface area contributed by atoms with Gasteiger partial charge in [-0.3, -0.25) is 0 Å². The van der Waals surface area contributed by atoms with E-state index in [0.29, 0.717) is 12.0 Å². The molecule has 0 aliphatic heterocycles. The first kappa shape index (κ1) is 15.3. The second kappa shape index (κ2) is 6.55. The van der Waals surface area contributed by atoms with Crippen LogP contribution in [-0.2, 0) is 13.0 Å². The Hall–Kier alpha value is -1.13. The van der Waals surface area contributed by atoms with E-state index < -0.39 is 0 Å². The van der Waals surface area contributed by atoms with Gasteiger partial charge in [-0.2, -0.15) is 0 Å². The third-order valence-corrected chi connectivity index (χ3v) is 4.27. The predicted molar refractivity (Wildman–Crippen MR) is 85.1 cm³/mol. The summed E-state index contributed by atoms with van der Waals surface area (Å²) in [7, 11) is 0. The van der Waals surface area contributed by atoms with Gasteiger partial charge in [0.2, 0.25) is 0 Å². The molecular formula is C16H24N2OS. The quantitative estimate of drug-likeness (QED) is 0.857. The van der Waals surface area contributed by atoms with Gasteiger partial charge in [-0.25, -0.2) is 4.98 Å². The summed E-state index contributed by atoms with van der Waals surface area (Å²) in [4.78, 5) is 6.20. The highest BCUT2D eigenvalue weighted by Crippen LogP contribution is 2.32. The summed E-state index contributed by atoms with van der Waals surface area (Å²) in [5.41, 5.74) is 2.35. The third kappa shape index (κ3) is 3.70. The summed E-state index contributed by atoms with van der Waals surface area (Å²) in [6.07, 6.45) is 2.77. The molecule has 0 bridgehead atoms. The lowest BCUT2D eigenvalue weighted by Crippen LogP contribution is -2.22. The molecule has 0 saturated heterocycles. The maximum Gasteiger partial charge on any atom is 0.127 e. The molecular weight excluding hydrogens is 268 g/mol. The van der Waals surface area contributed by atoms with E-state index in [1.54, 1.807) is 17.6 Å². The molecule has 0 saturated carbocycles. The van der Waals surface area contributed by atoms with Gasteiger partial charge < -0.3 is 9.73 Å². The molecule has 0 aliphatic rings.